The van der Waals surface area contributed by atoms with E-state index in [1.165, 1.54) is 0 Å². The molecule has 1 aromatic carbocycles. The molecule has 0 bridgehead atoms. The monoisotopic (exact) mass is 291 g/mol. The van der Waals surface area contributed by atoms with Crippen molar-refractivity contribution in [2.24, 2.45) is 0 Å². The summed E-state index contributed by atoms with van der Waals surface area (Å²) in [4.78, 5) is 23.0. The molecule has 1 aromatic rings. The molecule has 116 valence electrons. The Hall–Kier alpha value is -1.68. The van der Waals surface area contributed by atoms with Crippen LogP contribution in [-0.2, 0) is 16.1 Å². The summed E-state index contributed by atoms with van der Waals surface area (Å²) in [5, 5.41) is 3.19. The number of rotatable bonds is 10. The number of hydrogen-bond acceptors (Lipinski definition) is 4. The van der Waals surface area contributed by atoms with E-state index >= 15 is 0 Å². The van der Waals surface area contributed by atoms with Crippen molar-refractivity contribution in [2.45, 2.75) is 46.1 Å². The summed E-state index contributed by atoms with van der Waals surface area (Å²) in [6, 6.07) is 7.66. The zero-order valence-electron chi connectivity index (χ0n) is 13.0. The fourth-order valence-electron chi connectivity index (χ4n) is 1.95. The van der Waals surface area contributed by atoms with Crippen molar-refractivity contribution >= 4 is 11.8 Å². The number of ether oxygens (including phenoxy) is 1. The van der Waals surface area contributed by atoms with Crippen molar-refractivity contribution in [3.05, 3.63) is 35.4 Å². The van der Waals surface area contributed by atoms with Crippen LogP contribution in [0.3, 0.4) is 0 Å². The SMILES string of the molecule is CCCCC(=O)c1ccc(CNCCC(=O)OCC)cc1. The molecule has 0 fully saturated rings. The van der Waals surface area contributed by atoms with Crippen LogP contribution in [-0.4, -0.2) is 24.9 Å². The Labute approximate surface area is 126 Å². The highest BCUT2D eigenvalue weighted by molar-refractivity contribution is 5.96. The molecule has 1 rings (SSSR count). The quantitative estimate of drug-likeness (QED) is 0.409. The summed E-state index contributed by atoms with van der Waals surface area (Å²) in [5.41, 5.74) is 1.88. The predicted octanol–water partition coefficient (Wildman–Crippen LogP) is 3.10. The van der Waals surface area contributed by atoms with Gasteiger partial charge < -0.3 is 10.1 Å². The molecule has 4 nitrogen and oxygen atoms in total. The first kappa shape index (κ1) is 17.4. The van der Waals surface area contributed by atoms with Gasteiger partial charge in [-0.15, -0.1) is 0 Å². The predicted molar refractivity (Wildman–Crippen MR) is 83.3 cm³/mol. The number of Topliss-reactive ketones (excluding diaryl/α,β-unsaturated/α-hetero) is 1. The second kappa shape index (κ2) is 10.1. The molecule has 0 atom stereocenters. The molecule has 21 heavy (non-hydrogen) atoms. The molecule has 0 heterocycles. The maximum Gasteiger partial charge on any atom is 0.307 e. The lowest BCUT2D eigenvalue weighted by molar-refractivity contribution is -0.142. The minimum Gasteiger partial charge on any atom is -0.466 e. The van der Waals surface area contributed by atoms with Crippen LogP contribution in [0.2, 0.25) is 0 Å². The Morgan fingerprint density at radius 3 is 2.43 bits per heavy atom. The molecular weight excluding hydrogens is 266 g/mol. The van der Waals surface area contributed by atoms with E-state index in [4.69, 9.17) is 4.74 Å². The summed E-state index contributed by atoms with van der Waals surface area (Å²) in [6.45, 7) is 5.58. The molecule has 0 aliphatic heterocycles. The molecule has 4 heteroatoms. The van der Waals surface area contributed by atoms with Gasteiger partial charge in [0, 0.05) is 25.1 Å². The average molecular weight is 291 g/mol. The highest BCUT2D eigenvalue weighted by atomic mass is 16.5. The van der Waals surface area contributed by atoms with E-state index in [0.29, 0.717) is 32.5 Å². The number of ketones is 1. The Bertz CT molecular complexity index is 440. The third-order valence-corrected chi connectivity index (χ3v) is 3.17. The van der Waals surface area contributed by atoms with E-state index in [0.717, 1.165) is 24.0 Å². The van der Waals surface area contributed by atoms with Gasteiger partial charge in [0.05, 0.1) is 13.0 Å². The molecular formula is C17H25NO3. The molecule has 0 spiro atoms. The Kier molecular flexibility index (Phi) is 8.36. The van der Waals surface area contributed by atoms with Crippen molar-refractivity contribution in [1.82, 2.24) is 5.32 Å². The maximum atomic E-state index is 11.8. The summed E-state index contributed by atoms with van der Waals surface area (Å²) in [5.74, 6) is 0.0283. The Balaban J connectivity index is 2.31. The van der Waals surface area contributed by atoms with Crippen molar-refractivity contribution in [3.8, 4) is 0 Å². The van der Waals surface area contributed by atoms with Crippen LogP contribution in [0.5, 0.6) is 0 Å². The summed E-state index contributed by atoms with van der Waals surface area (Å²) < 4.78 is 4.85. The lowest BCUT2D eigenvalue weighted by Crippen LogP contribution is -2.19. The normalized spacial score (nSPS) is 10.4. The fraction of sp³-hybridized carbons (Fsp3) is 0.529. The molecule has 0 aliphatic carbocycles. The first-order chi connectivity index (χ1) is 10.2. The molecule has 0 unspecified atom stereocenters. The van der Waals surface area contributed by atoms with E-state index in [2.05, 4.69) is 12.2 Å². The van der Waals surface area contributed by atoms with Gasteiger partial charge in [-0.25, -0.2) is 0 Å². The van der Waals surface area contributed by atoms with Gasteiger partial charge in [-0.1, -0.05) is 37.6 Å². The minimum absolute atomic E-state index is 0.179. The highest BCUT2D eigenvalue weighted by Crippen LogP contribution is 2.09. The standard InChI is InChI=1S/C17H25NO3/c1-3-5-6-16(19)15-9-7-14(8-10-15)13-18-12-11-17(20)21-4-2/h7-10,18H,3-6,11-13H2,1-2H3. The van der Waals surface area contributed by atoms with Gasteiger partial charge in [0.15, 0.2) is 5.78 Å². The zero-order valence-corrected chi connectivity index (χ0v) is 13.0. The second-order valence-corrected chi connectivity index (χ2v) is 4.96. The molecule has 0 aliphatic rings. The molecule has 0 saturated carbocycles. The van der Waals surface area contributed by atoms with Crippen molar-refractivity contribution in [3.63, 3.8) is 0 Å². The molecule has 0 saturated heterocycles. The Morgan fingerprint density at radius 2 is 1.81 bits per heavy atom. The maximum absolute atomic E-state index is 11.8. The van der Waals surface area contributed by atoms with Crippen LogP contribution in [0, 0.1) is 0 Å². The van der Waals surface area contributed by atoms with Crippen LogP contribution in [0.1, 0.15) is 55.5 Å². The van der Waals surface area contributed by atoms with E-state index in [9.17, 15) is 9.59 Å². The van der Waals surface area contributed by atoms with Crippen molar-refractivity contribution in [1.29, 1.82) is 0 Å². The largest absolute Gasteiger partial charge is 0.466 e. The lowest BCUT2D eigenvalue weighted by atomic mass is 10.0. The van der Waals surface area contributed by atoms with Crippen LogP contribution >= 0.6 is 0 Å². The van der Waals surface area contributed by atoms with Gasteiger partial charge in [0.1, 0.15) is 0 Å². The number of carbonyl (C=O) groups excluding carboxylic acids is 2. The Morgan fingerprint density at radius 1 is 1.10 bits per heavy atom. The van der Waals surface area contributed by atoms with Gasteiger partial charge in [0.2, 0.25) is 0 Å². The van der Waals surface area contributed by atoms with Crippen LogP contribution in [0.4, 0.5) is 0 Å². The van der Waals surface area contributed by atoms with Gasteiger partial charge in [-0.05, 0) is 18.9 Å². The van der Waals surface area contributed by atoms with E-state index in [-0.39, 0.29) is 11.8 Å². The average Bonchev–Trinajstić information content (AvgIpc) is 2.50. The number of hydrogen-bond donors (Lipinski definition) is 1. The smallest absolute Gasteiger partial charge is 0.307 e. The first-order valence-corrected chi connectivity index (χ1v) is 7.65. The number of unbranched alkanes of at least 4 members (excludes halogenated alkanes) is 1. The summed E-state index contributed by atoms with van der Waals surface area (Å²) in [6.07, 6.45) is 2.97. The van der Waals surface area contributed by atoms with E-state index in [1.807, 2.05) is 24.3 Å². The van der Waals surface area contributed by atoms with Crippen LogP contribution < -0.4 is 5.32 Å². The number of nitrogens with one attached hydrogen (secondary N) is 1. The topological polar surface area (TPSA) is 55.4 Å². The van der Waals surface area contributed by atoms with E-state index < -0.39 is 0 Å². The van der Waals surface area contributed by atoms with Crippen LogP contribution in [0.25, 0.3) is 0 Å². The fourth-order valence-corrected chi connectivity index (χ4v) is 1.95. The van der Waals surface area contributed by atoms with Crippen molar-refractivity contribution in [2.75, 3.05) is 13.2 Å². The highest BCUT2D eigenvalue weighted by Gasteiger charge is 2.05. The van der Waals surface area contributed by atoms with Crippen molar-refractivity contribution < 1.29 is 14.3 Å². The molecule has 0 radical (unpaired) electrons. The molecule has 0 amide bonds. The van der Waals surface area contributed by atoms with Gasteiger partial charge >= 0.3 is 5.97 Å². The number of benzene rings is 1. The van der Waals surface area contributed by atoms with Gasteiger partial charge in [-0.3, -0.25) is 9.59 Å². The third kappa shape index (κ3) is 7.04. The number of esters is 1. The lowest BCUT2D eigenvalue weighted by Gasteiger charge is -2.06. The number of carbonyl (C=O) groups is 2. The summed E-state index contributed by atoms with van der Waals surface area (Å²) in [7, 11) is 0. The third-order valence-electron chi connectivity index (χ3n) is 3.17. The van der Waals surface area contributed by atoms with Gasteiger partial charge in [0.25, 0.3) is 0 Å². The first-order valence-electron chi connectivity index (χ1n) is 7.65. The second-order valence-electron chi connectivity index (χ2n) is 4.96. The zero-order chi connectivity index (χ0) is 15.5. The minimum atomic E-state index is -0.179. The molecule has 0 aromatic heterocycles. The summed E-state index contributed by atoms with van der Waals surface area (Å²) >= 11 is 0. The molecule has 1 N–H and O–H groups in total. The van der Waals surface area contributed by atoms with E-state index in [1.54, 1.807) is 6.92 Å². The van der Waals surface area contributed by atoms with Crippen LogP contribution in [0.15, 0.2) is 24.3 Å². The van der Waals surface area contributed by atoms with Gasteiger partial charge in [-0.2, -0.15) is 0 Å².